The number of hydrogen-bond acceptors (Lipinski definition) is 3. The molecule has 20 heavy (non-hydrogen) atoms. The number of nitrogens with zero attached hydrogens (tertiary/aromatic N) is 1. The summed E-state index contributed by atoms with van der Waals surface area (Å²) in [7, 11) is 1.74. The topological polar surface area (TPSA) is 57.6 Å². The van der Waals surface area contributed by atoms with Crippen LogP contribution in [0, 0.1) is 6.92 Å². The van der Waals surface area contributed by atoms with Crippen molar-refractivity contribution >= 4 is 23.6 Å². The minimum Gasteiger partial charge on any atom is -0.480 e. The van der Waals surface area contributed by atoms with E-state index in [-0.39, 0.29) is 11.7 Å². The van der Waals surface area contributed by atoms with E-state index in [0.717, 1.165) is 22.9 Å². The second-order valence-corrected chi connectivity index (χ2v) is 6.88. The third-order valence-corrected chi connectivity index (χ3v) is 4.45. The van der Waals surface area contributed by atoms with Gasteiger partial charge in [0.25, 0.3) is 0 Å². The molecule has 0 unspecified atom stereocenters. The zero-order valence-corrected chi connectivity index (χ0v) is 13.2. The lowest BCUT2D eigenvalue weighted by Gasteiger charge is -2.22. The highest BCUT2D eigenvalue weighted by molar-refractivity contribution is 8.01. The SMILES string of the molecule is Cc1ccccc1CN(C)C(=O)CSC(C)(C)C(=O)O. The number of carboxylic acids is 1. The summed E-state index contributed by atoms with van der Waals surface area (Å²) >= 11 is 1.15. The molecule has 1 N–H and O–H groups in total. The van der Waals surface area contributed by atoms with Gasteiger partial charge in [-0.3, -0.25) is 9.59 Å². The first-order chi connectivity index (χ1) is 9.24. The molecule has 5 heteroatoms. The number of rotatable bonds is 6. The molecule has 0 radical (unpaired) electrons. The van der Waals surface area contributed by atoms with E-state index >= 15 is 0 Å². The number of benzene rings is 1. The molecule has 0 fully saturated rings. The number of aliphatic carboxylic acids is 1. The van der Waals surface area contributed by atoms with Crippen molar-refractivity contribution in [3.8, 4) is 0 Å². The second kappa shape index (κ2) is 6.79. The molecule has 0 bridgehead atoms. The molecule has 110 valence electrons. The predicted molar refractivity (Wildman–Crippen MR) is 81.8 cm³/mol. The van der Waals surface area contributed by atoms with E-state index in [9.17, 15) is 9.59 Å². The average molecular weight is 295 g/mol. The number of amides is 1. The smallest absolute Gasteiger partial charge is 0.319 e. The van der Waals surface area contributed by atoms with Crippen molar-refractivity contribution in [1.29, 1.82) is 0 Å². The molecule has 1 aromatic carbocycles. The fourth-order valence-electron chi connectivity index (χ4n) is 1.55. The Morgan fingerprint density at radius 2 is 1.90 bits per heavy atom. The van der Waals surface area contributed by atoms with E-state index in [2.05, 4.69) is 0 Å². The Labute approximate surface area is 124 Å². The molecule has 0 atom stereocenters. The highest BCUT2D eigenvalue weighted by Gasteiger charge is 2.29. The Bertz CT molecular complexity index is 500. The largest absolute Gasteiger partial charge is 0.480 e. The number of carbonyl (C=O) groups is 2. The lowest BCUT2D eigenvalue weighted by molar-refractivity contribution is -0.138. The Balaban J connectivity index is 2.56. The van der Waals surface area contributed by atoms with Crippen LogP contribution in [0.15, 0.2) is 24.3 Å². The molecule has 0 spiro atoms. The van der Waals surface area contributed by atoms with Gasteiger partial charge in [0, 0.05) is 13.6 Å². The monoisotopic (exact) mass is 295 g/mol. The van der Waals surface area contributed by atoms with Gasteiger partial charge >= 0.3 is 5.97 Å². The summed E-state index contributed by atoms with van der Waals surface area (Å²) in [4.78, 5) is 24.7. The average Bonchev–Trinajstić information content (AvgIpc) is 2.38. The zero-order chi connectivity index (χ0) is 15.3. The Kier molecular flexibility index (Phi) is 5.62. The fraction of sp³-hybridized carbons (Fsp3) is 0.467. The minimum absolute atomic E-state index is 0.0624. The zero-order valence-electron chi connectivity index (χ0n) is 12.3. The molecular formula is C15H21NO3S. The summed E-state index contributed by atoms with van der Waals surface area (Å²) in [6.45, 7) is 5.76. The van der Waals surface area contributed by atoms with Crippen LogP contribution < -0.4 is 0 Å². The van der Waals surface area contributed by atoms with Gasteiger partial charge in [-0.25, -0.2) is 0 Å². The van der Waals surface area contributed by atoms with E-state index in [4.69, 9.17) is 5.11 Å². The lowest BCUT2D eigenvalue weighted by atomic mass is 10.1. The Morgan fingerprint density at radius 1 is 1.30 bits per heavy atom. The summed E-state index contributed by atoms with van der Waals surface area (Å²) < 4.78 is -0.945. The summed E-state index contributed by atoms with van der Waals surface area (Å²) in [5.74, 6) is -0.800. The molecule has 4 nitrogen and oxygen atoms in total. The molecule has 0 aliphatic rings. The van der Waals surface area contributed by atoms with Crippen LogP contribution in [-0.2, 0) is 16.1 Å². The van der Waals surface area contributed by atoms with E-state index in [1.54, 1.807) is 25.8 Å². The van der Waals surface area contributed by atoms with Crippen LogP contribution in [0.2, 0.25) is 0 Å². The first-order valence-corrected chi connectivity index (χ1v) is 7.38. The molecular weight excluding hydrogens is 274 g/mol. The van der Waals surface area contributed by atoms with Gasteiger partial charge < -0.3 is 10.0 Å². The lowest BCUT2D eigenvalue weighted by Crippen LogP contribution is -2.33. The molecule has 0 aliphatic heterocycles. The molecule has 0 saturated carbocycles. The summed E-state index contributed by atoms with van der Waals surface area (Å²) in [5, 5.41) is 9.02. The van der Waals surface area contributed by atoms with Gasteiger partial charge in [-0.2, -0.15) is 0 Å². The molecule has 1 rings (SSSR count). The van der Waals surface area contributed by atoms with Crippen LogP contribution in [-0.4, -0.2) is 39.4 Å². The van der Waals surface area contributed by atoms with E-state index in [1.165, 1.54) is 0 Å². The van der Waals surface area contributed by atoms with Gasteiger partial charge in [0.1, 0.15) is 4.75 Å². The number of hydrogen-bond donors (Lipinski definition) is 1. The second-order valence-electron chi connectivity index (χ2n) is 5.28. The van der Waals surface area contributed by atoms with E-state index < -0.39 is 10.7 Å². The van der Waals surface area contributed by atoms with Crippen LogP contribution in [0.4, 0.5) is 0 Å². The van der Waals surface area contributed by atoms with E-state index in [1.807, 2.05) is 31.2 Å². The summed E-state index contributed by atoms with van der Waals surface area (Å²) in [5.41, 5.74) is 2.25. The highest BCUT2D eigenvalue weighted by atomic mass is 32.2. The highest BCUT2D eigenvalue weighted by Crippen LogP contribution is 2.24. The van der Waals surface area contributed by atoms with Crippen molar-refractivity contribution in [1.82, 2.24) is 4.90 Å². The minimum atomic E-state index is -0.945. The molecule has 1 amide bonds. The molecule has 0 aromatic heterocycles. The first-order valence-electron chi connectivity index (χ1n) is 6.40. The maximum Gasteiger partial charge on any atom is 0.319 e. The quantitative estimate of drug-likeness (QED) is 0.876. The number of carboxylic acid groups (broad SMARTS) is 1. The van der Waals surface area contributed by atoms with Crippen LogP contribution in [0.5, 0.6) is 0 Å². The number of aryl methyl sites for hydroxylation is 1. The fourth-order valence-corrected chi connectivity index (χ4v) is 2.37. The summed E-state index contributed by atoms with van der Waals surface area (Å²) in [6.07, 6.45) is 0. The Morgan fingerprint density at radius 3 is 2.45 bits per heavy atom. The van der Waals surface area contributed by atoms with E-state index in [0.29, 0.717) is 6.54 Å². The van der Waals surface area contributed by atoms with Crippen molar-refractivity contribution in [2.24, 2.45) is 0 Å². The normalized spacial score (nSPS) is 11.2. The first kappa shape index (κ1) is 16.6. The number of thioether (sulfide) groups is 1. The van der Waals surface area contributed by atoms with Crippen LogP contribution in [0.1, 0.15) is 25.0 Å². The maximum absolute atomic E-state index is 12.0. The molecule has 0 saturated heterocycles. The molecule has 0 heterocycles. The Hall–Kier alpha value is -1.49. The van der Waals surface area contributed by atoms with Crippen molar-refractivity contribution in [3.05, 3.63) is 35.4 Å². The maximum atomic E-state index is 12.0. The van der Waals surface area contributed by atoms with Gasteiger partial charge in [-0.15, -0.1) is 11.8 Å². The van der Waals surface area contributed by atoms with Crippen LogP contribution in [0.25, 0.3) is 0 Å². The van der Waals surface area contributed by atoms with Crippen molar-refractivity contribution in [2.75, 3.05) is 12.8 Å². The van der Waals surface area contributed by atoms with Crippen molar-refractivity contribution < 1.29 is 14.7 Å². The number of carbonyl (C=O) groups excluding carboxylic acids is 1. The van der Waals surface area contributed by atoms with Crippen LogP contribution in [0.3, 0.4) is 0 Å². The van der Waals surface area contributed by atoms with Gasteiger partial charge in [0.05, 0.1) is 5.75 Å². The molecule has 0 aliphatic carbocycles. The summed E-state index contributed by atoms with van der Waals surface area (Å²) in [6, 6.07) is 7.91. The van der Waals surface area contributed by atoms with Gasteiger partial charge in [-0.1, -0.05) is 24.3 Å². The third-order valence-electron chi connectivity index (χ3n) is 3.17. The predicted octanol–water partition coefficient (Wildman–Crippen LogP) is 2.55. The van der Waals surface area contributed by atoms with Gasteiger partial charge in [-0.05, 0) is 31.9 Å². The standard InChI is InChI=1S/C15H21NO3S/c1-11-7-5-6-8-12(11)9-16(4)13(17)10-20-15(2,3)14(18)19/h5-8H,9-10H2,1-4H3,(H,18,19). The van der Waals surface area contributed by atoms with Crippen molar-refractivity contribution in [2.45, 2.75) is 32.1 Å². The van der Waals surface area contributed by atoms with Crippen molar-refractivity contribution in [3.63, 3.8) is 0 Å². The van der Waals surface area contributed by atoms with Gasteiger partial charge in [0.15, 0.2) is 0 Å². The molecule has 1 aromatic rings. The van der Waals surface area contributed by atoms with Crippen LogP contribution >= 0.6 is 11.8 Å². The third kappa shape index (κ3) is 4.56. The van der Waals surface area contributed by atoms with Gasteiger partial charge in [0.2, 0.25) is 5.91 Å².